The third kappa shape index (κ3) is 14.8. The average molecular weight is 226 g/mol. The smallest absolute Gasteiger partial charge is 0.243 e. The molecule has 0 radical (unpaired) electrons. The fraction of sp³-hybridized carbons (Fsp3) is 0.545. The van der Waals surface area contributed by atoms with E-state index < -0.39 is 0 Å². The number of hydrogen-bond donors (Lipinski definition) is 1. The van der Waals surface area contributed by atoms with Gasteiger partial charge in [-0.3, -0.25) is 4.79 Å². The van der Waals surface area contributed by atoms with Gasteiger partial charge in [0, 0.05) is 6.54 Å². The maximum atomic E-state index is 10.9. The fourth-order valence-corrected chi connectivity index (χ4v) is 0.960. The number of amides is 1. The standard InChI is InChI=1S/C10H16N2O2.CH2O/c1-2-6-10(14)12-8-5-3-4-7-11-9-13;1-2/h2,6H,3-5,7-8H2,1H3,(H,12,14);1H2/b6-2-;. The minimum absolute atomic E-state index is 0.0570. The van der Waals surface area contributed by atoms with Crippen molar-refractivity contribution in [3.05, 3.63) is 12.2 Å². The van der Waals surface area contributed by atoms with E-state index in [1.807, 2.05) is 6.79 Å². The van der Waals surface area contributed by atoms with Crippen LogP contribution in [0.3, 0.4) is 0 Å². The molecule has 5 heteroatoms. The zero-order chi connectivity index (χ0) is 12.6. The van der Waals surface area contributed by atoms with Gasteiger partial charge in [-0.1, -0.05) is 6.08 Å². The summed E-state index contributed by atoms with van der Waals surface area (Å²) in [5.41, 5.74) is 0. The monoisotopic (exact) mass is 226 g/mol. The van der Waals surface area contributed by atoms with Crippen LogP contribution < -0.4 is 5.32 Å². The zero-order valence-corrected chi connectivity index (χ0v) is 9.57. The van der Waals surface area contributed by atoms with Gasteiger partial charge in [0.1, 0.15) is 6.79 Å². The summed E-state index contributed by atoms with van der Waals surface area (Å²) in [6.07, 6.45) is 7.43. The van der Waals surface area contributed by atoms with Gasteiger partial charge in [-0.2, -0.15) is 0 Å². The summed E-state index contributed by atoms with van der Waals surface area (Å²) >= 11 is 0. The number of unbranched alkanes of at least 4 members (excludes halogenated alkanes) is 2. The number of rotatable bonds is 7. The molecule has 0 aliphatic heterocycles. The number of allylic oxidation sites excluding steroid dienone is 1. The minimum Gasteiger partial charge on any atom is -0.353 e. The van der Waals surface area contributed by atoms with E-state index in [1.165, 1.54) is 12.2 Å². The molecule has 0 rings (SSSR count). The molecule has 16 heavy (non-hydrogen) atoms. The lowest BCUT2D eigenvalue weighted by Crippen LogP contribution is -2.21. The molecule has 0 aromatic carbocycles. The predicted molar refractivity (Wildman–Crippen MR) is 61.8 cm³/mol. The molecule has 5 nitrogen and oxygen atoms in total. The quantitative estimate of drug-likeness (QED) is 0.304. The van der Waals surface area contributed by atoms with Crippen LogP contribution in [0.1, 0.15) is 26.2 Å². The molecule has 0 fully saturated rings. The number of isocyanates is 1. The lowest BCUT2D eigenvalue weighted by atomic mass is 10.2. The summed E-state index contributed by atoms with van der Waals surface area (Å²) in [6.45, 7) is 5.01. The Morgan fingerprint density at radius 3 is 2.62 bits per heavy atom. The highest BCUT2D eigenvalue weighted by atomic mass is 16.1. The van der Waals surface area contributed by atoms with Crippen LogP contribution in [-0.4, -0.2) is 31.9 Å². The van der Waals surface area contributed by atoms with Crippen molar-refractivity contribution in [1.82, 2.24) is 5.32 Å². The van der Waals surface area contributed by atoms with Crippen molar-refractivity contribution < 1.29 is 14.4 Å². The van der Waals surface area contributed by atoms with Crippen molar-refractivity contribution >= 4 is 18.8 Å². The molecule has 0 aromatic rings. The lowest BCUT2D eigenvalue weighted by Gasteiger charge is -2.00. The van der Waals surface area contributed by atoms with Gasteiger partial charge in [0.15, 0.2) is 0 Å². The van der Waals surface area contributed by atoms with Gasteiger partial charge in [0.2, 0.25) is 12.0 Å². The van der Waals surface area contributed by atoms with Crippen molar-refractivity contribution in [2.45, 2.75) is 26.2 Å². The van der Waals surface area contributed by atoms with Crippen LogP contribution in [0.4, 0.5) is 0 Å². The molecule has 0 aliphatic carbocycles. The van der Waals surface area contributed by atoms with Crippen LogP contribution in [-0.2, 0) is 14.4 Å². The number of aliphatic imine (C=N–C) groups is 1. The van der Waals surface area contributed by atoms with Gasteiger partial charge in [-0.05, 0) is 32.3 Å². The van der Waals surface area contributed by atoms with Gasteiger partial charge in [0.25, 0.3) is 0 Å². The summed E-state index contributed by atoms with van der Waals surface area (Å²) in [6, 6.07) is 0. The first-order valence-electron chi connectivity index (χ1n) is 5.04. The molecule has 0 unspecified atom stereocenters. The first-order chi connectivity index (χ1) is 7.81. The Morgan fingerprint density at radius 1 is 1.38 bits per heavy atom. The SMILES string of the molecule is C/C=C\C(=O)NCCCCCN=C=O.C=O. The van der Waals surface area contributed by atoms with E-state index in [0.717, 1.165) is 19.3 Å². The van der Waals surface area contributed by atoms with Crippen LogP contribution in [0.5, 0.6) is 0 Å². The number of nitrogens with one attached hydrogen (secondary N) is 1. The molecule has 0 bridgehead atoms. The molecular weight excluding hydrogens is 208 g/mol. The molecule has 1 N–H and O–H groups in total. The van der Waals surface area contributed by atoms with Gasteiger partial charge in [0.05, 0.1) is 6.54 Å². The zero-order valence-electron chi connectivity index (χ0n) is 9.57. The number of carbonyl (C=O) groups is 2. The highest BCUT2D eigenvalue weighted by Crippen LogP contribution is 1.93. The van der Waals surface area contributed by atoms with Crippen molar-refractivity contribution in [1.29, 1.82) is 0 Å². The van der Waals surface area contributed by atoms with Crippen molar-refractivity contribution in [3.8, 4) is 0 Å². The largest absolute Gasteiger partial charge is 0.353 e. The molecule has 0 atom stereocenters. The number of hydrogen-bond acceptors (Lipinski definition) is 4. The first kappa shape index (κ1) is 16.7. The van der Waals surface area contributed by atoms with Gasteiger partial charge in [-0.25, -0.2) is 9.79 Å². The third-order valence-electron chi connectivity index (χ3n) is 1.63. The summed E-state index contributed by atoms with van der Waals surface area (Å²) in [5.74, 6) is -0.0570. The first-order valence-corrected chi connectivity index (χ1v) is 5.04. The Morgan fingerprint density at radius 2 is 2.06 bits per heavy atom. The summed E-state index contributed by atoms with van der Waals surface area (Å²) in [4.78, 5) is 32.0. The summed E-state index contributed by atoms with van der Waals surface area (Å²) in [5, 5.41) is 2.74. The average Bonchev–Trinajstić information content (AvgIpc) is 2.31. The van der Waals surface area contributed by atoms with Crippen LogP contribution >= 0.6 is 0 Å². The number of nitrogens with zero attached hydrogens (tertiary/aromatic N) is 1. The summed E-state index contributed by atoms with van der Waals surface area (Å²) in [7, 11) is 0. The fourth-order valence-electron chi connectivity index (χ4n) is 0.960. The second kappa shape index (κ2) is 15.7. The molecule has 0 aromatic heterocycles. The molecule has 0 heterocycles. The molecule has 0 spiro atoms. The molecular formula is C11H18N2O3. The minimum atomic E-state index is -0.0570. The van der Waals surface area contributed by atoms with E-state index in [0.29, 0.717) is 13.1 Å². The molecule has 1 amide bonds. The van der Waals surface area contributed by atoms with E-state index in [9.17, 15) is 9.59 Å². The second-order valence-electron chi connectivity index (χ2n) is 2.82. The maximum absolute atomic E-state index is 10.9. The van der Waals surface area contributed by atoms with E-state index in [4.69, 9.17) is 4.79 Å². The molecule has 0 saturated heterocycles. The van der Waals surface area contributed by atoms with Crippen LogP contribution in [0.2, 0.25) is 0 Å². The Balaban J connectivity index is 0. The van der Waals surface area contributed by atoms with Crippen LogP contribution in [0.15, 0.2) is 17.1 Å². The lowest BCUT2D eigenvalue weighted by molar-refractivity contribution is -0.116. The molecule has 0 aliphatic rings. The van der Waals surface area contributed by atoms with Crippen LogP contribution in [0.25, 0.3) is 0 Å². The maximum Gasteiger partial charge on any atom is 0.243 e. The Bertz CT molecular complexity index is 246. The highest BCUT2D eigenvalue weighted by Gasteiger charge is 1.93. The van der Waals surface area contributed by atoms with E-state index in [1.54, 1.807) is 13.0 Å². The van der Waals surface area contributed by atoms with E-state index in [-0.39, 0.29) is 5.91 Å². The van der Waals surface area contributed by atoms with Crippen molar-refractivity contribution in [2.75, 3.05) is 13.1 Å². The van der Waals surface area contributed by atoms with Crippen molar-refractivity contribution in [3.63, 3.8) is 0 Å². The Hall–Kier alpha value is -1.74. The Kier molecular flexibility index (Phi) is 16.4. The Labute approximate surface area is 95.6 Å². The van der Waals surface area contributed by atoms with Gasteiger partial charge >= 0.3 is 0 Å². The van der Waals surface area contributed by atoms with Crippen LogP contribution in [0, 0.1) is 0 Å². The highest BCUT2D eigenvalue weighted by molar-refractivity contribution is 5.87. The topological polar surface area (TPSA) is 75.6 Å². The molecule has 0 saturated carbocycles. The normalized spacial score (nSPS) is 8.81. The number of carbonyl (C=O) groups excluding carboxylic acids is 3. The predicted octanol–water partition coefficient (Wildman–Crippen LogP) is 1.000. The van der Waals surface area contributed by atoms with Gasteiger partial charge < -0.3 is 10.1 Å². The van der Waals surface area contributed by atoms with Gasteiger partial charge in [-0.15, -0.1) is 0 Å². The second-order valence-corrected chi connectivity index (χ2v) is 2.82. The van der Waals surface area contributed by atoms with Crippen molar-refractivity contribution in [2.24, 2.45) is 4.99 Å². The van der Waals surface area contributed by atoms with E-state index >= 15 is 0 Å². The third-order valence-corrected chi connectivity index (χ3v) is 1.63. The van der Waals surface area contributed by atoms with E-state index in [2.05, 4.69) is 10.3 Å². The summed E-state index contributed by atoms with van der Waals surface area (Å²) < 4.78 is 0. The molecule has 90 valence electrons.